The van der Waals surface area contributed by atoms with Gasteiger partial charge in [0.25, 0.3) is 0 Å². The molecule has 60 valence electrons. The maximum Gasteiger partial charge on any atom is 0.396 e. The van der Waals surface area contributed by atoms with Gasteiger partial charge in [-0.2, -0.15) is 13.2 Å². The Morgan fingerprint density at radius 3 is 2.00 bits per heavy atom. The third kappa shape index (κ3) is 1.11. The predicted molar refractivity (Wildman–Crippen MR) is 27.9 cm³/mol. The second-order valence-electron chi connectivity index (χ2n) is 2.59. The largest absolute Gasteiger partial charge is 0.396 e. The van der Waals surface area contributed by atoms with E-state index in [1.807, 2.05) is 0 Å². The third-order valence-corrected chi connectivity index (χ3v) is 1.81. The summed E-state index contributed by atoms with van der Waals surface area (Å²) < 4.78 is 35.8. The molecule has 0 unspecified atom stereocenters. The summed E-state index contributed by atoms with van der Waals surface area (Å²) in [6.07, 6.45) is -3.85. The van der Waals surface area contributed by atoms with Crippen LogP contribution in [0.25, 0.3) is 0 Å². The van der Waals surface area contributed by atoms with Gasteiger partial charge < -0.3 is 4.84 Å². The first kappa shape index (κ1) is 7.81. The van der Waals surface area contributed by atoms with E-state index in [2.05, 4.69) is 10.7 Å². The lowest BCUT2D eigenvalue weighted by Gasteiger charge is -2.16. The van der Waals surface area contributed by atoms with Gasteiger partial charge in [0.1, 0.15) is 0 Å². The fourth-order valence-corrected chi connectivity index (χ4v) is 0.820. The van der Waals surface area contributed by atoms with E-state index in [-0.39, 0.29) is 12.8 Å². The Morgan fingerprint density at radius 1 is 1.40 bits per heavy atom. The highest BCUT2D eigenvalue weighted by molar-refractivity contribution is 4.98. The van der Waals surface area contributed by atoms with Crippen LogP contribution in [0.2, 0.25) is 0 Å². The number of nitrogens with two attached hydrogens (primary N) is 1. The van der Waals surface area contributed by atoms with Crippen molar-refractivity contribution in [1.29, 1.82) is 0 Å². The summed E-state index contributed by atoms with van der Waals surface area (Å²) in [5.41, 5.74) is -1.61. The first-order chi connectivity index (χ1) is 4.52. The molecular weight excluding hydrogens is 147 g/mol. The molecule has 0 spiro atoms. The van der Waals surface area contributed by atoms with Gasteiger partial charge in [0.15, 0.2) is 0 Å². The lowest BCUT2D eigenvalue weighted by atomic mass is 10.1. The molecule has 0 aliphatic heterocycles. The molecule has 1 fully saturated rings. The summed E-state index contributed by atoms with van der Waals surface area (Å²) in [6.45, 7) is -0.406. The summed E-state index contributed by atoms with van der Waals surface area (Å²) in [4.78, 5) is 3.98. The van der Waals surface area contributed by atoms with Crippen molar-refractivity contribution in [3.8, 4) is 0 Å². The molecule has 0 atom stereocenters. The second kappa shape index (κ2) is 2.10. The van der Waals surface area contributed by atoms with Crippen molar-refractivity contribution in [1.82, 2.24) is 0 Å². The van der Waals surface area contributed by atoms with Crippen molar-refractivity contribution in [2.75, 3.05) is 6.61 Å². The van der Waals surface area contributed by atoms with Gasteiger partial charge in [0, 0.05) is 0 Å². The summed E-state index contributed by atoms with van der Waals surface area (Å²) in [7, 11) is 0. The molecule has 1 aliphatic rings. The maximum atomic E-state index is 11.9. The van der Waals surface area contributed by atoms with Crippen LogP contribution in [-0.4, -0.2) is 12.8 Å². The van der Waals surface area contributed by atoms with Crippen LogP contribution in [0.5, 0.6) is 0 Å². The normalized spacial score (nSPS) is 22.8. The molecule has 0 bridgehead atoms. The van der Waals surface area contributed by atoms with Crippen molar-refractivity contribution < 1.29 is 18.0 Å². The van der Waals surface area contributed by atoms with Crippen molar-refractivity contribution in [3.63, 3.8) is 0 Å². The number of alkyl halides is 3. The number of rotatable bonds is 2. The van der Waals surface area contributed by atoms with Crippen LogP contribution >= 0.6 is 0 Å². The first-order valence-electron chi connectivity index (χ1n) is 2.90. The number of hydrogen-bond donors (Lipinski definition) is 1. The van der Waals surface area contributed by atoms with E-state index < -0.39 is 18.2 Å². The molecule has 1 rings (SSSR count). The van der Waals surface area contributed by atoms with Gasteiger partial charge in [-0.1, -0.05) is 0 Å². The van der Waals surface area contributed by atoms with Gasteiger partial charge in [0.05, 0.1) is 12.0 Å². The zero-order chi connectivity index (χ0) is 7.83. The zero-order valence-electron chi connectivity index (χ0n) is 5.24. The number of halogens is 3. The lowest BCUT2D eigenvalue weighted by Crippen LogP contribution is -2.30. The topological polar surface area (TPSA) is 35.2 Å². The Balaban J connectivity index is 2.52. The zero-order valence-corrected chi connectivity index (χ0v) is 5.24. The molecule has 2 nitrogen and oxygen atoms in total. The molecule has 0 aromatic heterocycles. The highest BCUT2D eigenvalue weighted by Crippen LogP contribution is 2.57. The minimum atomic E-state index is -4.15. The average molecular weight is 155 g/mol. The van der Waals surface area contributed by atoms with Crippen LogP contribution in [-0.2, 0) is 4.84 Å². The van der Waals surface area contributed by atoms with E-state index >= 15 is 0 Å². The van der Waals surface area contributed by atoms with Crippen LogP contribution < -0.4 is 5.90 Å². The van der Waals surface area contributed by atoms with Crippen molar-refractivity contribution in [2.45, 2.75) is 19.0 Å². The summed E-state index contributed by atoms with van der Waals surface area (Å²) in [6, 6.07) is 0. The van der Waals surface area contributed by atoms with Crippen molar-refractivity contribution in [2.24, 2.45) is 11.3 Å². The molecule has 0 amide bonds. The van der Waals surface area contributed by atoms with Gasteiger partial charge in [-0.05, 0) is 12.8 Å². The van der Waals surface area contributed by atoms with Crippen LogP contribution in [0, 0.1) is 5.41 Å². The highest BCUT2D eigenvalue weighted by atomic mass is 19.4. The fourth-order valence-electron chi connectivity index (χ4n) is 0.820. The van der Waals surface area contributed by atoms with Gasteiger partial charge >= 0.3 is 6.18 Å². The van der Waals surface area contributed by atoms with E-state index in [1.165, 1.54) is 0 Å². The maximum absolute atomic E-state index is 11.9. The summed E-state index contributed by atoms with van der Waals surface area (Å²) in [5.74, 6) is 4.55. The van der Waals surface area contributed by atoms with E-state index in [1.54, 1.807) is 0 Å². The van der Waals surface area contributed by atoms with Crippen molar-refractivity contribution in [3.05, 3.63) is 0 Å². The van der Waals surface area contributed by atoms with E-state index in [4.69, 9.17) is 0 Å². The van der Waals surface area contributed by atoms with E-state index in [0.717, 1.165) is 0 Å². The molecule has 0 heterocycles. The quantitative estimate of drug-likeness (QED) is 0.608. The monoisotopic (exact) mass is 155 g/mol. The minimum Gasteiger partial charge on any atom is -0.304 e. The summed E-state index contributed by atoms with van der Waals surface area (Å²) in [5, 5.41) is 0. The Kier molecular flexibility index (Phi) is 1.64. The van der Waals surface area contributed by atoms with Crippen LogP contribution in [0.1, 0.15) is 12.8 Å². The van der Waals surface area contributed by atoms with E-state index in [0.29, 0.717) is 0 Å². The van der Waals surface area contributed by atoms with Crippen LogP contribution in [0.15, 0.2) is 0 Å². The third-order valence-electron chi connectivity index (χ3n) is 1.81. The molecule has 0 radical (unpaired) electrons. The smallest absolute Gasteiger partial charge is 0.304 e. The summed E-state index contributed by atoms with van der Waals surface area (Å²) >= 11 is 0. The molecular formula is C5H8F3NO. The molecule has 0 aromatic rings. The Morgan fingerprint density at radius 2 is 1.90 bits per heavy atom. The lowest BCUT2D eigenvalue weighted by molar-refractivity contribution is -0.202. The van der Waals surface area contributed by atoms with Crippen LogP contribution in [0.4, 0.5) is 13.2 Å². The fraction of sp³-hybridized carbons (Fsp3) is 1.00. The molecule has 2 N–H and O–H groups in total. The molecule has 0 saturated heterocycles. The highest BCUT2D eigenvalue weighted by Gasteiger charge is 2.63. The van der Waals surface area contributed by atoms with Gasteiger partial charge in [0.2, 0.25) is 0 Å². The SMILES string of the molecule is NOCC1(C(F)(F)F)CC1. The molecule has 5 heteroatoms. The average Bonchev–Trinajstić information content (AvgIpc) is 2.45. The Hall–Kier alpha value is -0.290. The van der Waals surface area contributed by atoms with Crippen LogP contribution in [0.3, 0.4) is 0 Å². The first-order valence-corrected chi connectivity index (χ1v) is 2.90. The van der Waals surface area contributed by atoms with E-state index in [9.17, 15) is 13.2 Å². The molecule has 10 heavy (non-hydrogen) atoms. The standard InChI is InChI=1S/C5H8F3NO/c6-5(7,8)4(1-2-4)3-10-9/h1-3,9H2. The Labute approximate surface area is 56.1 Å². The van der Waals surface area contributed by atoms with Gasteiger partial charge in [-0.25, -0.2) is 5.90 Å². The van der Waals surface area contributed by atoms with Crippen molar-refractivity contribution >= 4 is 0 Å². The second-order valence-corrected chi connectivity index (χ2v) is 2.59. The minimum absolute atomic E-state index is 0.147. The molecule has 1 aliphatic carbocycles. The van der Waals surface area contributed by atoms with Gasteiger partial charge in [-0.3, -0.25) is 0 Å². The Bertz CT molecular complexity index is 129. The molecule has 0 aromatic carbocycles. The van der Waals surface area contributed by atoms with Gasteiger partial charge in [-0.15, -0.1) is 0 Å². The number of hydrogen-bond acceptors (Lipinski definition) is 2. The predicted octanol–water partition coefficient (Wildman–Crippen LogP) is 1.22. The molecule has 1 saturated carbocycles.